The fourth-order valence-corrected chi connectivity index (χ4v) is 2.35. The third-order valence-corrected chi connectivity index (χ3v) is 3.42. The molecule has 0 aromatic carbocycles. The lowest BCUT2D eigenvalue weighted by Crippen LogP contribution is -2.00. The van der Waals surface area contributed by atoms with Crippen LogP contribution in [0.5, 0.6) is 0 Å². The van der Waals surface area contributed by atoms with Crippen LogP contribution in [-0.4, -0.2) is 0 Å². The Morgan fingerprint density at radius 2 is 1.92 bits per heavy atom. The maximum absolute atomic E-state index is 12.2. The zero-order valence-corrected chi connectivity index (χ0v) is 8.65. The van der Waals surface area contributed by atoms with Gasteiger partial charge >= 0.3 is 6.18 Å². The van der Waals surface area contributed by atoms with Gasteiger partial charge in [0, 0.05) is 4.88 Å². The summed E-state index contributed by atoms with van der Waals surface area (Å²) in [7, 11) is 0. The van der Waals surface area contributed by atoms with Crippen LogP contribution in [0.15, 0.2) is 6.07 Å². The average molecular weight is 229 g/mol. The highest BCUT2D eigenvalue weighted by atomic mass is 35.5. The maximum atomic E-state index is 12.2. The largest absolute Gasteiger partial charge is 0.425 e. The molecule has 0 atom stereocenters. The van der Waals surface area contributed by atoms with Gasteiger partial charge in [0.1, 0.15) is 4.88 Å². The van der Waals surface area contributed by atoms with Crippen LogP contribution in [0.1, 0.15) is 29.5 Å². The molecule has 0 unspecified atom stereocenters. The van der Waals surface area contributed by atoms with Gasteiger partial charge in [0.25, 0.3) is 0 Å². The molecule has 1 aromatic rings. The number of thiophene rings is 1. The fraction of sp³-hybridized carbons (Fsp3) is 0.500. The van der Waals surface area contributed by atoms with E-state index in [1.807, 2.05) is 13.8 Å². The van der Waals surface area contributed by atoms with Gasteiger partial charge in [-0.2, -0.15) is 13.2 Å². The van der Waals surface area contributed by atoms with Gasteiger partial charge < -0.3 is 0 Å². The van der Waals surface area contributed by atoms with Crippen LogP contribution >= 0.6 is 22.9 Å². The summed E-state index contributed by atoms with van der Waals surface area (Å²) < 4.78 is 36.6. The van der Waals surface area contributed by atoms with Crippen molar-refractivity contribution in [2.75, 3.05) is 0 Å². The van der Waals surface area contributed by atoms with Crippen LogP contribution < -0.4 is 0 Å². The molecule has 0 aliphatic rings. The summed E-state index contributed by atoms with van der Waals surface area (Å²) in [4.78, 5) is -0.0322. The minimum atomic E-state index is -4.28. The van der Waals surface area contributed by atoms with Gasteiger partial charge in [0.2, 0.25) is 0 Å². The number of halogens is 4. The first-order valence-electron chi connectivity index (χ1n) is 3.68. The van der Waals surface area contributed by atoms with Crippen molar-refractivity contribution in [3.05, 3.63) is 20.8 Å². The highest BCUT2D eigenvalue weighted by Crippen LogP contribution is 2.41. The monoisotopic (exact) mass is 228 g/mol. The van der Waals surface area contributed by atoms with Crippen LogP contribution in [0, 0.1) is 0 Å². The summed E-state index contributed by atoms with van der Waals surface area (Å²) in [6, 6.07) is 0.988. The Kier molecular flexibility index (Phi) is 2.92. The summed E-state index contributed by atoms with van der Waals surface area (Å²) in [6.45, 7) is 3.63. The molecule has 13 heavy (non-hydrogen) atoms. The van der Waals surface area contributed by atoms with Gasteiger partial charge in [-0.25, -0.2) is 0 Å². The molecule has 0 amide bonds. The van der Waals surface area contributed by atoms with Crippen LogP contribution in [0.2, 0.25) is 5.02 Å². The fourth-order valence-electron chi connectivity index (χ4n) is 0.916. The second kappa shape index (κ2) is 3.50. The minimum Gasteiger partial charge on any atom is -0.165 e. The van der Waals surface area contributed by atoms with E-state index in [0.29, 0.717) is 4.88 Å². The molecule has 1 aromatic heterocycles. The summed E-state index contributed by atoms with van der Waals surface area (Å²) in [5.41, 5.74) is 0. The third kappa shape index (κ3) is 2.38. The van der Waals surface area contributed by atoms with Crippen LogP contribution in [0.4, 0.5) is 13.2 Å². The maximum Gasteiger partial charge on any atom is 0.425 e. The van der Waals surface area contributed by atoms with E-state index in [2.05, 4.69) is 0 Å². The summed E-state index contributed by atoms with van der Waals surface area (Å²) >= 11 is 6.37. The highest BCUT2D eigenvalue weighted by molar-refractivity contribution is 7.12. The molecular weight excluding hydrogens is 221 g/mol. The molecule has 0 N–H and O–H groups in total. The molecule has 0 radical (unpaired) electrons. The van der Waals surface area contributed by atoms with Gasteiger partial charge in [-0.05, 0) is 12.0 Å². The first-order chi connectivity index (χ1) is 5.82. The Bertz CT molecular complexity index is 301. The van der Waals surface area contributed by atoms with Crippen molar-refractivity contribution in [3.8, 4) is 0 Å². The average Bonchev–Trinajstić information content (AvgIpc) is 2.29. The number of alkyl halides is 3. The molecule has 0 bridgehead atoms. The Labute approximate surface area is 83.3 Å². The van der Waals surface area contributed by atoms with Crippen LogP contribution in [-0.2, 0) is 6.18 Å². The zero-order chi connectivity index (χ0) is 10.2. The van der Waals surface area contributed by atoms with E-state index in [1.165, 1.54) is 0 Å². The van der Waals surface area contributed by atoms with Crippen molar-refractivity contribution in [2.45, 2.75) is 25.9 Å². The zero-order valence-electron chi connectivity index (χ0n) is 7.07. The summed E-state index contributed by atoms with van der Waals surface area (Å²) in [6.07, 6.45) is -4.28. The van der Waals surface area contributed by atoms with E-state index in [-0.39, 0.29) is 10.9 Å². The van der Waals surface area contributed by atoms with E-state index in [9.17, 15) is 13.2 Å². The van der Waals surface area contributed by atoms with Crippen molar-refractivity contribution < 1.29 is 13.2 Å². The Balaban J connectivity index is 3.10. The number of rotatable bonds is 1. The lowest BCUT2D eigenvalue weighted by molar-refractivity contribution is -0.134. The summed E-state index contributed by atoms with van der Waals surface area (Å²) in [5.74, 6) is 0.0357. The predicted molar refractivity (Wildman–Crippen MR) is 48.4 cm³/mol. The molecule has 1 rings (SSSR count). The smallest absolute Gasteiger partial charge is 0.165 e. The van der Waals surface area contributed by atoms with Crippen molar-refractivity contribution in [1.29, 1.82) is 0 Å². The first kappa shape index (κ1) is 10.9. The van der Waals surface area contributed by atoms with Gasteiger partial charge in [0.05, 0.1) is 5.02 Å². The molecule has 1 heterocycles. The molecule has 0 aliphatic heterocycles. The topological polar surface area (TPSA) is 0 Å². The Morgan fingerprint density at radius 1 is 1.38 bits per heavy atom. The molecular formula is C8H8ClF3S. The van der Waals surface area contributed by atoms with Crippen molar-refractivity contribution >= 4 is 22.9 Å². The standard InChI is InChI=1S/C8H8ClF3S/c1-4(2)7-5(9)3-6(13-7)8(10,11)12/h3-4H,1-2H3. The van der Waals surface area contributed by atoms with Gasteiger partial charge in [-0.3, -0.25) is 0 Å². The van der Waals surface area contributed by atoms with E-state index >= 15 is 0 Å². The van der Waals surface area contributed by atoms with Crippen molar-refractivity contribution in [2.24, 2.45) is 0 Å². The van der Waals surface area contributed by atoms with Gasteiger partial charge in [0.15, 0.2) is 0 Å². The lowest BCUT2D eigenvalue weighted by atomic mass is 10.2. The van der Waals surface area contributed by atoms with Gasteiger partial charge in [-0.1, -0.05) is 25.4 Å². The van der Waals surface area contributed by atoms with E-state index in [1.54, 1.807) is 0 Å². The van der Waals surface area contributed by atoms with Gasteiger partial charge in [-0.15, -0.1) is 11.3 Å². The normalized spacial score (nSPS) is 12.5. The molecule has 5 heteroatoms. The molecule has 74 valence electrons. The number of hydrogen-bond donors (Lipinski definition) is 0. The third-order valence-electron chi connectivity index (χ3n) is 1.52. The van der Waals surface area contributed by atoms with E-state index < -0.39 is 11.1 Å². The van der Waals surface area contributed by atoms with E-state index in [4.69, 9.17) is 11.6 Å². The van der Waals surface area contributed by atoms with Crippen molar-refractivity contribution in [3.63, 3.8) is 0 Å². The second-order valence-corrected chi connectivity index (χ2v) is 4.47. The first-order valence-corrected chi connectivity index (χ1v) is 4.88. The molecule has 0 saturated carbocycles. The Hall–Kier alpha value is -0.220. The molecule has 0 aliphatic carbocycles. The molecule has 0 nitrogen and oxygen atoms in total. The minimum absolute atomic E-state index is 0.0357. The number of hydrogen-bond acceptors (Lipinski definition) is 1. The Morgan fingerprint density at radius 3 is 2.15 bits per heavy atom. The van der Waals surface area contributed by atoms with Crippen LogP contribution in [0.25, 0.3) is 0 Å². The second-order valence-electron chi connectivity index (χ2n) is 2.98. The van der Waals surface area contributed by atoms with Crippen LogP contribution in [0.3, 0.4) is 0 Å². The predicted octanol–water partition coefficient (Wildman–Crippen LogP) is 4.54. The van der Waals surface area contributed by atoms with Crippen molar-refractivity contribution in [1.82, 2.24) is 0 Å². The van der Waals surface area contributed by atoms with E-state index in [0.717, 1.165) is 17.4 Å². The molecule has 0 saturated heterocycles. The SMILES string of the molecule is CC(C)c1sc(C(F)(F)F)cc1Cl. The molecule has 0 fully saturated rings. The quantitative estimate of drug-likeness (QED) is 0.662. The lowest BCUT2D eigenvalue weighted by Gasteiger charge is -2.02. The highest BCUT2D eigenvalue weighted by Gasteiger charge is 2.33. The summed E-state index contributed by atoms with van der Waals surface area (Å²) in [5, 5.41) is 0.215. The molecule has 0 spiro atoms.